The summed E-state index contributed by atoms with van der Waals surface area (Å²) in [5, 5.41) is 4.01. The topological polar surface area (TPSA) is 54.5 Å². The number of amides is 2. The molecule has 2 amide bonds. The molecule has 122 valence electrons. The number of hydrogen-bond acceptors (Lipinski definition) is 3. The van der Waals surface area contributed by atoms with Crippen LogP contribution in [0.4, 0.5) is 4.79 Å². The standard InChI is InChI=1S/C18H23N3O2/c1-2-10-20-18(22)21-12-8-15(9-13-21)23-16-7-3-5-14-6-4-11-19-17(14)16/h3-7,11,15H,2,8-10,12-13H2,1H3,(H,20,22). The van der Waals surface area contributed by atoms with Crippen LogP contribution in [-0.4, -0.2) is 41.7 Å². The van der Waals surface area contributed by atoms with Gasteiger partial charge >= 0.3 is 6.03 Å². The van der Waals surface area contributed by atoms with Gasteiger partial charge < -0.3 is 15.0 Å². The van der Waals surface area contributed by atoms with Gasteiger partial charge in [0.15, 0.2) is 0 Å². The van der Waals surface area contributed by atoms with Crippen LogP contribution >= 0.6 is 0 Å². The third-order valence-electron chi connectivity index (χ3n) is 4.14. The molecule has 0 unspecified atom stereocenters. The molecule has 2 aromatic rings. The SMILES string of the molecule is CCCNC(=O)N1CCC(Oc2cccc3cccnc23)CC1. The van der Waals surface area contributed by atoms with E-state index in [2.05, 4.69) is 17.2 Å². The minimum absolute atomic E-state index is 0.0390. The molecule has 3 rings (SSSR count). The van der Waals surface area contributed by atoms with Crippen molar-refractivity contribution in [2.24, 2.45) is 0 Å². The first kappa shape index (κ1) is 15.6. The number of benzene rings is 1. The summed E-state index contributed by atoms with van der Waals surface area (Å²) in [7, 11) is 0. The van der Waals surface area contributed by atoms with Crippen molar-refractivity contribution in [2.45, 2.75) is 32.3 Å². The molecular formula is C18H23N3O2. The van der Waals surface area contributed by atoms with Crippen LogP contribution in [-0.2, 0) is 0 Å². The van der Waals surface area contributed by atoms with Gasteiger partial charge in [-0.25, -0.2) is 4.79 Å². The molecule has 0 radical (unpaired) electrons. The highest BCUT2D eigenvalue weighted by molar-refractivity contribution is 5.84. The first-order valence-electron chi connectivity index (χ1n) is 8.31. The number of para-hydroxylation sites is 1. The van der Waals surface area contributed by atoms with Gasteiger partial charge in [0.05, 0.1) is 0 Å². The van der Waals surface area contributed by atoms with Crippen molar-refractivity contribution in [1.82, 2.24) is 15.2 Å². The van der Waals surface area contributed by atoms with Crippen molar-refractivity contribution in [2.75, 3.05) is 19.6 Å². The molecule has 1 aliphatic heterocycles. The minimum Gasteiger partial charge on any atom is -0.488 e. The van der Waals surface area contributed by atoms with E-state index in [-0.39, 0.29) is 12.1 Å². The zero-order valence-electron chi connectivity index (χ0n) is 13.5. The number of nitrogens with zero attached hydrogens (tertiary/aromatic N) is 2. The predicted molar refractivity (Wildman–Crippen MR) is 90.7 cm³/mol. The fourth-order valence-electron chi connectivity index (χ4n) is 2.87. The summed E-state index contributed by atoms with van der Waals surface area (Å²) in [4.78, 5) is 18.3. The molecule has 2 heterocycles. The normalized spacial score (nSPS) is 15.6. The number of fused-ring (bicyclic) bond motifs is 1. The number of rotatable bonds is 4. The molecule has 0 atom stereocenters. The van der Waals surface area contributed by atoms with Gasteiger partial charge in [-0.2, -0.15) is 0 Å². The number of piperidine rings is 1. The van der Waals surface area contributed by atoms with Crippen LogP contribution in [0.15, 0.2) is 36.5 Å². The maximum Gasteiger partial charge on any atom is 0.317 e. The largest absolute Gasteiger partial charge is 0.488 e. The lowest BCUT2D eigenvalue weighted by molar-refractivity contribution is 0.112. The van der Waals surface area contributed by atoms with E-state index in [0.717, 1.165) is 55.5 Å². The maximum absolute atomic E-state index is 12.0. The number of pyridine rings is 1. The average Bonchev–Trinajstić information content (AvgIpc) is 2.60. The molecule has 0 spiro atoms. The van der Waals surface area contributed by atoms with E-state index in [0.29, 0.717) is 0 Å². The van der Waals surface area contributed by atoms with Crippen molar-refractivity contribution in [1.29, 1.82) is 0 Å². The summed E-state index contributed by atoms with van der Waals surface area (Å²) in [5.41, 5.74) is 0.901. The lowest BCUT2D eigenvalue weighted by Crippen LogP contribution is -2.46. The number of ether oxygens (including phenoxy) is 1. The lowest BCUT2D eigenvalue weighted by atomic mass is 10.1. The van der Waals surface area contributed by atoms with E-state index >= 15 is 0 Å². The summed E-state index contributed by atoms with van der Waals surface area (Å²) in [5.74, 6) is 0.831. The Hall–Kier alpha value is -2.30. The van der Waals surface area contributed by atoms with Crippen molar-refractivity contribution in [3.05, 3.63) is 36.5 Å². The Kier molecular flexibility index (Phi) is 4.95. The van der Waals surface area contributed by atoms with Crippen molar-refractivity contribution in [3.8, 4) is 5.75 Å². The van der Waals surface area contributed by atoms with Gasteiger partial charge in [0.25, 0.3) is 0 Å². The fourth-order valence-corrected chi connectivity index (χ4v) is 2.87. The quantitative estimate of drug-likeness (QED) is 0.943. The third kappa shape index (κ3) is 3.73. The fraction of sp³-hybridized carbons (Fsp3) is 0.444. The second kappa shape index (κ2) is 7.31. The molecule has 5 heteroatoms. The van der Waals surface area contributed by atoms with Crippen molar-refractivity contribution < 1.29 is 9.53 Å². The van der Waals surface area contributed by atoms with Crippen LogP contribution in [0, 0.1) is 0 Å². The zero-order chi connectivity index (χ0) is 16.1. The summed E-state index contributed by atoms with van der Waals surface area (Å²) in [6, 6.07) is 10.0. The predicted octanol–water partition coefficient (Wildman–Crippen LogP) is 3.20. The van der Waals surface area contributed by atoms with Crippen molar-refractivity contribution >= 4 is 16.9 Å². The van der Waals surface area contributed by atoms with E-state index in [9.17, 15) is 4.79 Å². The summed E-state index contributed by atoms with van der Waals surface area (Å²) < 4.78 is 6.16. The van der Waals surface area contributed by atoms with E-state index in [4.69, 9.17) is 4.74 Å². The highest BCUT2D eigenvalue weighted by atomic mass is 16.5. The molecule has 0 bridgehead atoms. The molecule has 1 N–H and O–H groups in total. The Labute approximate surface area is 136 Å². The number of carbonyl (C=O) groups is 1. The number of hydrogen-bond donors (Lipinski definition) is 1. The van der Waals surface area contributed by atoms with Gasteiger partial charge in [-0.1, -0.05) is 25.1 Å². The summed E-state index contributed by atoms with van der Waals surface area (Å²) >= 11 is 0. The maximum atomic E-state index is 12.0. The highest BCUT2D eigenvalue weighted by Crippen LogP contribution is 2.26. The molecule has 1 saturated heterocycles. The smallest absolute Gasteiger partial charge is 0.317 e. The van der Waals surface area contributed by atoms with Gasteiger partial charge in [-0.15, -0.1) is 0 Å². The Balaban J connectivity index is 1.59. The molecule has 0 saturated carbocycles. The second-order valence-corrected chi connectivity index (χ2v) is 5.87. The molecule has 1 fully saturated rings. The highest BCUT2D eigenvalue weighted by Gasteiger charge is 2.24. The summed E-state index contributed by atoms with van der Waals surface area (Å²) in [6.07, 6.45) is 4.58. The molecule has 5 nitrogen and oxygen atoms in total. The summed E-state index contributed by atoms with van der Waals surface area (Å²) in [6.45, 7) is 4.26. The first-order valence-corrected chi connectivity index (χ1v) is 8.31. The molecule has 1 aromatic carbocycles. The van der Waals surface area contributed by atoms with E-state index in [1.807, 2.05) is 35.2 Å². The molecule has 1 aliphatic rings. The van der Waals surface area contributed by atoms with E-state index in [1.54, 1.807) is 6.20 Å². The number of likely N-dealkylation sites (tertiary alicyclic amines) is 1. The Morgan fingerprint density at radius 2 is 2.09 bits per heavy atom. The molecule has 23 heavy (non-hydrogen) atoms. The van der Waals surface area contributed by atoms with Crippen LogP contribution in [0.25, 0.3) is 10.9 Å². The average molecular weight is 313 g/mol. The number of nitrogens with one attached hydrogen (secondary N) is 1. The molecular weight excluding hydrogens is 290 g/mol. The van der Waals surface area contributed by atoms with Gasteiger partial charge in [0.1, 0.15) is 17.4 Å². The van der Waals surface area contributed by atoms with Gasteiger partial charge in [0.2, 0.25) is 0 Å². The van der Waals surface area contributed by atoms with Gasteiger partial charge in [0, 0.05) is 44.1 Å². The Morgan fingerprint density at radius 1 is 1.30 bits per heavy atom. The molecule has 1 aromatic heterocycles. The van der Waals surface area contributed by atoms with Crippen LogP contribution in [0.2, 0.25) is 0 Å². The number of urea groups is 1. The number of carbonyl (C=O) groups excluding carboxylic acids is 1. The Morgan fingerprint density at radius 3 is 2.87 bits per heavy atom. The van der Waals surface area contributed by atoms with Crippen molar-refractivity contribution in [3.63, 3.8) is 0 Å². The van der Waals surface area contributed by atoms with Crippen LogP contribution < -0.4 is 10.1 Å². The Bertz CT molecular complexity index is 661. The first-order chi connectivity index (χ1) is 11.3. The van der Waals surface area contributed by atoms with Crippen LogP contribution in [0.1, 0.15) is 26.2 Å². The monoisotopic (exact) mass is 313 g/mol. The number of aromatic nitrogens is 1. The zero-order valence-corrected chi connectivity index (χ0v) is 13.5. The second-order valence-electron chi connectivity index (χ2n) is 5.87. The van der Waals surface area contributed by atoms with Gasteiger partial charge in [-0.3, -0.25) is 4.98 Å². The van der Waals surface area contributed by atoms with E-state index in [1.165, 1.54) is 0 Å². The molecule has 0 aliphatic carbocycles. The third-order valence-corrected chi connectivity index (χ3v) is 4.14. The van der Waals surface area contributed by atoms with Crippen LogP contribution in [0.5, 0.6) is 5.75 Å². The lowest BCUT2D eigenvalue weighted by Gasteiger charge is -2.32. The van der Waals surface area contributed by atoms with E-state index < -0.39 is 0 Å². The van der Waals surface area contributed by atoms with Gasteiger partial charge in [-0.05, 0) is 18.6 Å². The minimum atomic E-state index is 0.0390. The van der Waals surface area contributed by atoms with Crippen LogP contribution in [0.3, 0.4) is 0 Å².